The van der Waals surface area contributed by atoms with Crippen molar-refractivity contribution >= 4 is 32.7 Å². The van der Waals surface area contributed by atoms with Gasteiger partial charge in [0, 0.05) is 10.5 Å². The normalized spacial score (nSPS) is 22.1. The minimum Gasteiger partial charge on any atom is -0.381 e. The van der Waals surface area contributed by atoms with Crippen molar-refractivity contribution in [2.75, 3.05) is 5.32 Å². The fourth-order valence-corrected chi connectivity index (χ4v) is 3.67. The third-order valence-corrected chi connectivity index (χ3v) is 4.82. The Morgan fingerprint density at radius 2 is 2.00 bits per heavy atom. The number of aromatic amines is 2. The van der Waals surface area contributed by atoms with Gasteiger partial charge in [-0.3, -0.25) is 0 Å². The van der Waals surface area contributed by atoms with Crippen LogP contribution in [-0.4, -0.2) is 16.0 Å². The van der Waals surface area contributed by atoms with Crippen LogP contribution in [0, 0.1) is 5.41 Å². The Morgan fingerprint density at radius 1 is 1.30 bits per heavy atom. The molecule has 0 saturated heterocycles. The Morgan fingerprint density at radius 3 is 2.70 bits per heavy atom. The highest BCUT2D eigenvalue weighted by molar-refractivity contribution is 9.10. The molecule has 1 aromatic heterocycles. The molecule has 0 spiro atoms. The molecule has 0 amide bonds. The lowest BCUT2D eigenvalue weighted by molar-refractivity contribution is 0.229. The number of hydrogen-bond acceptors (Lipinski definition) is 2. The Labute approximate surface area is 126 Å². The van der Waals surface area contributed by atoms with Crippen molar-refractivity contribution in [2.45, 2.75) is 45.6 Å². The van der Waals surface area contributed by atoms with Gasteiger partial charge in [-0.05, 0) is 52.7 Å². The smallest absolute Gasteiger partial charge is 0.323 e. The van der Waals surface area contributed by atoms with Gasteiger partial charge in [0.2, 0.25) is 0 Å². The standard InChI is InChI=1S/C15H20BrN3O/c1-15(2)5-3-4-9(8-15)17-11-7-13-12(6-10(11)16)18-14(20)19-13/h6-7,9,17H,3-5,8H2,1-2H3,(H2,18,19,20). The number of benzene rings is 1. The minimum absolute atomic E-state index is 0.164. The molecule has 1 aromatic carbocycles. The summed E-state index contributed by atoms with van der Waals surface area (Å²) >= 11 is 3.58. The van der Waals surface area contributed by atoms with Gasteiger partial charge in [-0.2, -0.15) is 0 Å². The molecule has 0 radical (unpaired) electrons. The van der Waals surface area contributed by atoms with Crippen molar-refractivity contribution < 1.29 is 0 Å². The van der Waals surface area contributed by atoms with Crippen LogP contribution in [0.2, 0.25) is 0 Å². The molecule has 1 aliphatic carbocycles. The summed E-state index contributed by atoms with van der Waals surface area (Å²) in [6, 6.07) is 4.45. The maximum absolute atomic E-state index is 11.3. The van der Waals surface area contributed by atoms with E-state index in [9.17, 15) is 4.79 Å². The second-order valence-corrected chi connectivity index (χ2v) is 7.41. The van der Waals surface area contributed by atoms with Gasteiger partial charge in [0.1, 0.15) is 0 Å². The van der Waals surface area contributed by atoms with Crippen molar-refractivity contribution in [3.8, 4) is 0 Å². The topological polar surface area (TPSA) is 60.7 Å². The predicted octanol–water partition coefficient (Wildman–Crippen LogP) is 4.00. The molecule has 1 aliphatic rings. The number of anilines is 1. The van der Waals surface area contributed by atoms with Gasteiger partial charge in [-0.15, -0.1) is 0 Å². The third kappa shape index (κ3) is 2.77. The van der Waals surface area contributed by atoms with Gasteiger partial charge in [0.15, 0.2) is 0 Å². The maximum Gasteiger partial charge on any atom is 0.323 e. The highest BCUT2D eigenvalue weighted by Gasteiger charge is 2.28. The van der Waals surface area contributed by atoms with Crippen LogP contribution in [0.1, 0.15) is 39.5 Å². The number of imidazole rings is 1. The average Bonchev–Trinajstić information content (AvgIpc) is 2.67. The Bertz CT molecular complexity index is 686. The lowest BCUT2D eigenvalue weighted by Crippen LogP contribution is -2.31. The molecular weight excluding hydrogens is 318 g/mol. The monoisotopic (exact) mass is 337 g/mol. The summed E-state index contributed by atoms with van der Waals surface area (Å²) in [5.74, 6) is 0. The molecule has 3 N–H and O–H groups in total. The molecule has 20 heavy (non-hydrogen) atoms. The van der Waals surface area contributed by atoms with Gasteiger partial charge in [0.05, 0.1) is 16.7 Å². The first-order valence-corrected chi connectivity index (χ1v) is 7.90. The number of halogens is 1. The molecule has 3 rings (SSSR count). The maximum atomic E-state index is 11.3. The first-order chi connectivity index (χ1) is 9.43. The first-order valence-electron chi connectivity index (χ1n) is 7.11. The van der Waals surface area contributed by atoms with Crippen LogP contribution in [0.25, 0.3) is 11.0 Å². The predicted molar refractivity (Wildman–Crippen MR) is 86.3 cm³/mol. The fraction of sp³-hybridized carbons (Fsp3) is 0.533. The zero-order valence-electron chi connectivity index (χ0n) is 11.8. The molecule has 1 atom stereocenters. The molecule has 2 aromatic rings. The number of rotatable bonds is 2. The zero-order valence-corrected chi connectivity index (χ0v) is 13.4. The van der Waals surface area contributed by atoms with Gasteiger partial charge in [0.25, 0.3) is 0 Å². The van der Waals surface area contributed by atoms with E-state index in [1.54, 1.807) is 0 Å². The van der Waals surface area contributed by atoms with Crippen LogP contribution in [0.3, 0.4) is 0 Å². The summed E-state index contributed by atoms with van der Waals surface area (Å²) in [6.07, 6.45) is 4.96. The number of hydrogen-bond donors (Lipinski definition) is 3. The summed E-state index contributed by atoms with van der Waals surface area (Å²) in [4.78, 5) is 16.9. The van der Waals surface area contributed by atoms with E-state index in [1.165, 1.54) is 25.7 Å². The summed E-state index contributed by atoms with van der Waals surface area (Å²) in [6.45, 7) is 4.67. The molecule has 5 heteroatoms. The van der Waals surface area contributed by atoms with Crippen molar-refractivity contribution in [3.63, 3.8) is 0 Å². The third-order valence-electron chi connectivity index (χ3n) is 4.17. The van der Waals surface area contributed by atoms with Crippen LogP contribution >= 0.6 is 15.9 Å². The molecule has 1 saturated carbocycles. The number of aromatic nitrogens is 2. The second-order valence-electron chi connectivity index (χ2n) is 6.56. The molecule has 108 valence electrons. The molecule has 1 fully saturated rings. The fourth-order valence-electron chi connectivity index (χ4n) is 3.21. The Hall–Kier alpha value is -1.23. The van der Waals surface area contributed by atoms with E-state index < -0.39 is 0 Å². The second kappa shape index (κ2) is 4.95. The minimum atomic E-state index is -0.164. The van der Waals surface area contributed by atoms with E-state index >= 15 is 0 Å². The highest BCUT2D eigenvalue weighted by Crippen LogP contribution is 2.37. The SMILES string of the molecule is CC1(C)CCCC(Nc2cc3[nH]c(=O)[nH]c3cc2Br)C1. The van der Waals surface area contributed by atoms with E-state index in [1.807, 2.05) is 12.1 Å². The Kier molecular flexibility index (Phi) is 3.40. The lowest BCUT2D eigenvalue weighted by Gasteiger charge is -2.36. The molecule has 4 nitrogen and oxygen atoms in total. The van der Waals surface area contributed by atoms with E-state index in [0.29, 0.717) is 11.5 Å². The Balaban J connectivity index is 1.86. The first kappa shape index (κ1) is 13.7. The largest absolute Gasteiger partial charge is 0.381 e. The number of H-pyrrole nitrogens is 2. The van der Waals surface area contributed by atoms with Crippen molar-refractivity contribution in [2.24, 2.45) is 5.41 Å². The summed E-state index contributed by atoms with van der Waals surface area (Å²) in [7, 11) is 0. The van der Waals surface area contributed by atoms with Crippen LogP contribution in [0.5, 0.6) is 0 Å². The summed E-state index contributed by atoms with van der Waals surface area (Å²) in [5, 5.41) is 3.62. The summed E-state index contributed by atoms with van der Waals surface area (Å²) in [5.41, 5.74) is 2.97. The van der Waals surface area contributed by atoms with E-state index in [-0.39, 0.29) is 5.69 Å². The van der Waals surface area contributed by atoms with E-state index in [0.717, 1.165) is 21.2 Å². The number of fused-ring (bicyclic) bond motifs is 1. The molecule has 1 heterocycles. The van der Waals surface area contributed by atoms with Crippen LogP contribution in [-0.2, 0) is 0 Å². The molecule has 1 unspecified atom stereocenters. The lowest BCUT2D eigenvalue weighted by atomic mass is 9.75. The van der Waals surface area contributed by atoms with Crippen molar-refractivity contribution in [1.82, 2.24) is 9.97 Å². The number of nitrogens with one attached hydrogen (secondary N) is 3. The molecular formula is C15H20BrN3O. The van der Waals surface area contributed by atoms with E-state index in [4.69, 9.17) is 0 Å². The van der Waals surface area contributed by atoms with Gasteiger partial charge in [-0.25, -0.2) is 4.79 Å². The average molecular weight is 338 g/mol. The summed E-state index contributed by atoms with van der Waals surface area (Å²) < 4.78 is 0.989. The van der Waals surface area contributed by atoms with Crippen molar-refractivity contribution in [1.29, 1.82) is 0 Å². The van der Waals surface area contributed by atoms with Crippen LogP contribution < -0.4 is 11.0 Å². The molecule has 0 aliphatic heterocycles. The van der Waals surface area contributed by atoms with Gasteiger partial charge in [-0.1, -0.05) is 20.3 Å². The van der Waals surface area contributed by atoms with Crippen LogP contribution in [0.15, 0.2) is 21.4 Å². The zero-order chi connectivity index (χ0) is 14.3. The van der Waals surface area contributed by atoms with Crippen LogP contribution in [0.4, 0.5) is 5.69 Å². The highest BCUT2D eigenvalue weighted by atomic mass is 79.9. The quantitative estimate of drug-likeness (QED) is 0.775. The molecule has 0 bridgehead atoms. The van der Waals surface area contributed by atoms with Gasteiger partial charge < -0.3 is 15.3 Å². The van der Waals surface area contributed by atoms with Crippen molar-refractivity contribution in [3.05, 3.63) is 27.1 Å². The van der Waals surface area contributed by atoms with Gasteiger partial charge >= 0.3 is 5.69 Å². The van der Waals surface area contributed by atoms with E-state index in [2.05, 4.69) is 45.1 Å².